The molecule has 1 atom stereocenters. The summed E-state index contributed by atoms with van der Waals surface area (Å²) in [5.74, 6) is 0. The van der Waals surface area contributed by atoms with E-state index >= 15 is 0 Å². The van der Waals surface area contributed by atoms with Gasteiger partial charge in [0.15, 0.2) is 0 Å². The van der Waals surface area contributed by atoms with E-state index in [1.807, 2.05) is 25.1 Å². The quantitative estimate of drug-likeness (QED) is 0.910. The van der Waals surface area contributed by atoms with Crippen LogP contribution in [0, 0.1) is 0 Å². The number of halogens is 1. The lowest BCUT2D eigenvalue weighted by molar-refractivity contribution is -0.173. The highest BCUT2D eigenvalue weighted by Gasteiger charge is 2.44. The molecule has 0 aromatic heterocycles. The molecule has 1 spiro atoms. The molecule has 3 nitrogen and oxygen atoms in total. The maximum atomic E-state index is 10.3. The Morgan fingerprint density at radius 1 is 1.24 bits per heavy atom. The van der Waals surface area contributed by atoms with Crippen LogP contribution in [0.3, 0.4) is 0 Å². The molecule has 4 heteroatoms. The third kappa shape index (κ3) is 3.59. The summed E-state index contributed by atoms with van der Waals surface area (Å²) >= 11 is 6.24. The maximum absolute atomic E-state index is 10.3. The van der Waals surface area contributed by atoms with Gasteiger partial charge in [-0.1, -0.05) is 29.8 Å². The van der Waals surface area contributed by atoms with E-state index in [1.54, 1.807) is 0 Å². The summed E-state index contributed by atoms with van der Waals surface area (Å²) < 4.78 is 6.05. The van der Waals surface area contributed by atoms with Gasteiger partial charge in [-0.2, -0.15) is 0 Å². The lowest BCUT2D eigenvalue weighted by atomic mass is 9.78. The van der Waals surface area contributed by atoms with E-state index < -0.39 is 5.60 Å². The Kier molecular flexibility index (Phi) is 4.28. The zero-order valence-corrected chi connectivity index (χ0v) is 13.4. The second-order valence-electron chi connectivity index (χ2n) is 6.82. The standard InChI is InChI=1S/C17H24ClNO2/c1-16(20)8-11-21-17(13-16)6-9-19(10-7-17)12-14-4-2-3-5-15(14)18/h2-5,20H,6-13H2,1H3. The zero-order valence-electron chi connectivity index (χ0n) is 12.6. The first-order chi connectivity index (χ1) is 9.98. The van der Waals surface area contributed by atoms with Gasteiger partial charge < -0.3 is 9.84 Å². The molecule has 1 aromatic rings. The van der Waals surface area contributed by atoms with Crippen LogP contribution in [0.5, 0.6) is 0 Å². The minimum atomic E-state index is -0.566. The molecule has 1 aromatic carbocycles. The lowest BCUT2D eigenvalue weighted by Crippen LogP contribution is -2.53. The van der Waals surface area contributed by atoms with Crippen LogP contribution in [0.4, 0.5) is 0 Å². The Bertz CT molecular complexity index is 495. The smallest absolute Gasteiger partial charge is 0.0734 e. The van der Waals surface area contributed by atoms with Gasteiger partial charge in [-0.3, -0.25) is 4.90 Å². The first-order valence-corrected chi connectivity index (χ1v) is 8.18. The van der Waals surface area contributed by atoms with Crippen LogP contribution in [0.1, 0.15) is 38.2 Å². The summed E-state index contributed by atoms with van der Waals surface area (Å²) in [6, 6.07) is 8.04. The van der Waals surface area contributed by atoms with E-state index in [2.05, 4.69) is 11.0 Å². The Hall–Kier alpha value is -0.610. The minimum absolute atomic E-state index is 0.112. The molecule has 0 bridgehead atoms. The summed E-state index contributed by atoms with van der Waals surface area (Å²) in [7, 11) is 0. The molecule has 21 heavy (non-hydrogen) atoms. The lowest BCUT2D eigenvalue weighted by Gasteiger charge is -2.48. The number of likely N-dealkylation sites (tertiary alicyclic amines) is 1. The van der Waals surface area contributed by atoms with Crippen molar-refractivity contribution in [1.82, 2.24) is 4.90 Å². The molecule has 1 N–H and O–H groups in total. The fraction of sp³-hybridized carbons (Fsp3) is 0.647. The molecule has 2 heterocycles. The number of hydrogen-bond acceptors (Lipinski definition) is 3. The second kappa shape index (κ2) is 5.88. The molecule has 1 unspecified atom stereocenters. The van der Waals surface area contributed by atoms with Crippen molar-refractivity contribution < 1.29 is 9.84 Å². The predicted octanol–water partition coefficient (Wildman–Crippen LogP) is 3.24. The van der Waals surface area contributed by atoms with Crippen LogP contribution in [-0.2, 0) is 11.3 Å². The third-order valence-electron chi connectivity index (χ3n) is 4.87. The van der Waals surface area contributed by atoms with E-state index in [1.165, 1.54) is 5.56 Å². The Balaban J connectivity index is 1.59. The van der Waals surface area contributed by atoms with Gasteiger partial charge in [0.2, 0.25) is 0 Å². The number of aliphatic hydroxyl groups is 1. The van der Waals surface area contributed by atoms with Gasteiger partial charge >= 0.3 is 0 Å². The van der Waals surface area contributed by atoms with E-state index in [4.69, 9.17) is 16.3 Å². The molecule has 0 amide bonds. The fourth-order valence-corrected chi connectivity index (χ4v) is 3.82. The maximum Gasteiger partial charge on any atom is 0.0734 e. The van der Waals surface area contributed by atoms with Crippen molar-refractivity contribution in [2.75, 3.05) is 19.7 Å². The fourth-order valence-electron chi connectivity index (χ4n) is 3.63. The number of hydrogen-bond donors (Lipinski definition) is 1. The minimum Gasteiger partial charge on any atom is -0.390 e. The molecule has 0 saturated carbocycles. The first kappa shape index (κ1) is 15.3. The zero-order chi connectivity index (χ0) is 14.9. The van der Waals surface area contributed by atoms with Crippen molar-refractivity contribution in [3.63, 3.8) is 0 Å². The van der Waals surface area contributed by atoms with Gasteiger partial charge in [0, 0.05) is 31.1 Å². The largest absolute Gasteiger partial charge is 0.390 e. The molecule has 0 aliphatic carbocycles. The number of piperidine rings is 1. The highest BCUT2D eigenvalue weighted by atomic mass is 35.5. The number of nitrogens with zero attached hydrogens (tertiary/aromatic N) is 1. The Labute approximate surface area is 131 Å². The third-order valence-corrected chi connectivity index (χ3v) is 5.24. The molecule has 2 aliphatic rings. The first-order valence-electron chi connectivity index (χ1n) is 7.80. The van der Waals surface area contributed by atoms with Gasteiger partial charge in [-0.05, 0) is 37.8 Å². The molecule has 0 radical (unpaired) electrons. The SMILES string of the molecule is CC1(O)CCOC2(CCN(Cc3ccccc3Cl)CC2)C1. The van der Waals surface area contributed by atoms with Crippen LogP contribution in [0.15, 0.2) is 24.3 Å². The van der Waals surface area contributed by atoms with Crippen LogP contribution in [0.2, 0.25) is 5.02 Å². The van der Waals surface area contributed by atoms with E-state index in [0.29, 0.717) is 6.61 Å². The van der Waals surface area contributed by atoms with Gasteiger partial charge in [0.05, 0.1) is 17.8 Å². The summed E-state index contributed by atoms with van der Waals surface area (Å²) in [6.45, 7) is 5.51. The average molecular weight is 310 g/mol. The van der Waals surface area contributed by atoms with Crippen molar-refractivity contribution in [2.24, 2.45) is 0 Å². The summed E-state index contributed by atoms with van der Waals surface area (Å²) in [4.78, 5) is 2.43. The average Bonchev–Trinajstić information content (AvgIpc) is 2.43. The monoisotopic (exact) mass is 309 g/mol. The summed E-state index contributed by atoms with van der Waals surface area (Å²) in [5.41, 5.74) is 0.508. The van der Waals surface area contributed by atoms with Crippen LogP contribution in [-0.4, -0.2) is 40.9 Å². The molecule has 3 rings (SSSR count). The van der Waals surface area contributed by atoms with Gasteiger partial charge in [0.1, 0.15) is 0 Å². The number of rotatable bonds is 2. The van der Waals surface area contributed by atoms with Gasteiger partial charge in [0.25, 0.3) is 0 Å². The van der Waals surface area contributed by atoms with Gasteiger partial charge in [-0.25, -0.2) is 0 Å². The van der Waals surface area contributed by atoms with E-state index in [-0.39, 0.29) is 5.60 Å². The van der Waals surface area contributed by atoms with Crippen LogP contribution >= 0.6 is 11.6 Å². The number of ether oxygens (including phenoxy) is 1. The van der Waals surface area contributed by atoms with E-state index in [9.17, 15) is 5.11 Å². The van der Waals surface area contributed by atoms with Crippen molar-refractivity contribution in [3.05, 3.63) is 34.9 Å². The highest BCUT2D eigenvalue weighted by Crippen LogP contribution is 2.39. The summed E-state index contributed by atoms with van der Waals surface area (Å²) in [6.07, 6.45) is 3.50. The van der Waals surface area contributed by atoms with Crippen molar-refractivity contribution in [3.8, 4) is 0 Å². The van der Waals surface area contributed by atoms with Crippen molar-refractivity contribution >= 4 is 11.6 Å². The predicted molar refractivity (Wildman–Crippen MR) is 84.5 cm³/mol. The Morgan fingerprint density at radius 3 is 2.62 bits per heavy atom. The van der Waals surface area contributed by atoms with Crippen molar-refractivity contribution in [2.45, 2.75) is 50.4 Å². The number of benzene rings is 1. The van der Waals surface area contributed by atoms with Crippen LogP contribution < -0.4 is 0 Å². The van der Waals surface area contributed by atoms with Crippen LogP contribution in [0.25, 0.3) is 0 Å². The highest BCUT2D eigenvalue weighted by molar-refractivity contribution is 6.31. The molecular weight excluding hydrogens is 286 g/mol. The summed E-state index contributed by atoms with van der Waals surface area (Å²) in [5, 5.41) is 11.2. The molecule has 2 aliphatic heterocycles. The molecule has 116 valence electrons. The molecule has 2 fully saturated rings. The Morgan fingerprint density at radius 2 is 1.95 bits per heavy atom. The molecular formula is C17H24ClNO2. The second-order valence-corrected chi connectivity index (χ2v) is 7.23. The molecule has 2 saturated heterocycles. The van der Waals surface area contributed by atoms with Gasteiger partial charge in [-0.15, -0.1) is 0 Å². The normalized spacial score (nSPS) is 29.7. The van der Waals surface area contributed by atoms with E-state index in [0.717, 1.165) is 50.3 Å². The topological polar surface area (TPSA) is 32.7 Å². The van der Waals surface area contributed by atoms with Crippen molar-refractivity contribution in [1.29, 1.82) is 0 Å².